The van der Waals surface area contributed by atoms with Crippen LogP contribution in [0, 0.1) is 0 Å². The van der Waals surface area contributed by atoms with E-state index in [1.54, 1.807) is 0 Å². The summed E-state index contributed by atoms with van der Waals surface area (Å²) in [5, 5.41) is 6.92. The van der Waals surface area contributed by atoms with E-state index in [9.17, 15) is 4.79 Å². The van der Waals surface area contributed by atoms with Crippen molar-refractivity contribution in [2.75, 3.05) is 13.7 Å². The molecular formula is C24H23ClN2O2. The highest BCUT2D eigenvalue weighted by atomic mass is 35.5. The molecule has 5 heteroatoms. The lowest BCUT2D eigenvalue weighted by atomic mass is 9.97. The number of fused-ring (bicyclic) bond motifs is 2. The van der Waals surface area contributed by atoms with E-state index in [0.29, 0.717) is 18.7 Å². The minimum Gasteiger partial charge on any atom is -0.462 e. The van der Waals surface area contributed by atoms with Gasteiger partial charge in [-0.25, -0.2) is 4.79 Å². The zero-order chi connectivity index (χ0) is 20.5. The maximum Gasteiger partial charge on any atom is 0.340 e. The van der Waals surface area contributed by atoms with Crippen molar-refractivity contribution in [2.45, 2.75) is 13.5 Å². The minimum atomic E-state index is -0.288. The van der Waals surface area contributed by atoms with Crippen molar-refractivity contribution >= 4 is 39.2 Å². The maximum absolute atomic E-state index is 12.7. The second-order valence-electron chi connectivity index (χ2n) is 7.01. The first-order valence-corrected chi connectivity index (χ1v) is 10.0. The van der Waals surface area contributed by atoms with Gasteiger partial charge in [-0.05, 0) is 42.6 Å². The molecule has 0 unspecified atom stereocenters. The van der Waals surface area contributed by atoms with Crippen molar-refractivity contribution in [1.29, 1.82) is 0 Å². The Morgan fingerprint density at radius 1 is 1.14 bits per heavy atom. The lowest BCUT2D eigenvalue weighted by Crippen LogP contribution is -2.14. The molecule has 4 rings (SSSR count). The standard InChI is InChI=1S/C24H23ClN2O2/c1-4-29-24(28)23-18-12-11-16(13-20(18)27(3)21(23)14-26-2)17-9-5-7-15-8-6-10-19(25)22(15)17/h5-13,26H,4,14H2,1-3H3. The van der Waals surface area contributed by atoms with Crippen molar-refractivity contribution < 1.29 is 9.53 Å². The number of hydrogen-bond donors (Lipinski definition) is 1. The molecule has 0 aliphatic carbocycles. The highest BCUT2D eigenvalue weighted by Crippen LogP contribution is 2.36. The Labute approximate surface area is 175 Å². The van der Waals surface area contributed by atoms with Crippen LogP contribution in [0.3, 0.4) is 0 Å². The number of ether oxygens (including phenoxy) is 1. The molecule has 0 atom stereocenters. The van der Waals surface area contributed by atoms with Crippen LogP contribution < -0.4 is 5.32 Å². The van der Waals surface area contributed by atoms with Gasteiger partial charge in [-0.1, -0.05) is 54.1 Å². The third-order valence-corrected chi connectivity index (χ3v) is 5.63. The topological polar surface area (TPSA) is 43.3 Å². The number of nitrogens with one attached hydrogen (secondary N) is 1. The lowest BCUT2D eigenvalue weighted by molar-refractivity contribution is 0.0527. The number of aryl methyl sites for hydroxylation is 1. The van der Waals surface area contributed by atoms with E-state index in [1.807, 2.05) is 51.4 Å². The number of rotatable bonds is 5. The number of esters is 1. The van der Waals surface area contributed by atoms with Crippen LogP contribution >= 0.6 is 11.6 Å². The number of hydrogen-bond acceptors (Lipinski definition) is 3. The van der Waals surface area contributed by atoms with Gasteiger partial charge in [-0.2, -0.15) is 0 Å². The van der Waals surface area contributed by atoms with Gasteiger partial charge < -0.3 is 14.6 Å². The molecule has 0 saturated heterocycles. The number of nitrogens with zero attached hydrogens (tertiary/aromatic N) is 1. The molecule has 3 aromatic carbocycles. The molecule has 4 nitrogen and oxygen atoms in total. The quantitative estimate of drug-likeness (QED) is 0.442. The monoisotopic (exact) mass is 406 g/mol. The van der Waals surface area contributed by atoms with E-state index in [2.05, 4.69) is 34.1 Å². The summed E-state index contributed by atoms with van der Waals surface area (Å²) in [6.07, 6.45) is 0. The minimum absolute atomic E-state index is 0.288. The van der Waals surface area contributed by atoms with Crippen LogP contribution in [0.1, 0.15) is 23.0 Å². The van der Waals surface area contributed by atoms with Crippen molar-refractivity contribution in [3.05, 3.63) is 70.9 Å². The molecule has 4 aromatic rings. The summed E-state index contributed by atoms with van der Waals surface area (Å²) in [6.45, 7) is 2.75. The SMILES string of the molecule is CCOC(=O)c1c(CNC)n(C)c2cc(-c3cccc4cccc(Cl)c34)ccc12. The summed E-state index contributed by atoms with van der Waals surface area (Å²) in [5.74, 6) is -0.288. The van der Waals surface area contributed by atoms with E-state index < -0.39 is 0 Å². The molecule has 0 radical (unpaired) electrons. The fourth-order valence-electron chi connectivity index (χ4n) is 4.00. The molecule has 0 bridgehead atoms. The van der Waals surface area contributed by atoms with Crippen molar-refractivity contribution in [3.8, 4) is 11.1 Å². The molecule has 0 amide bonds. The molecule has 0 saturated carbocycles. The van der Waals surface area contributed by atoms with Crippen LogP contribution in [-0.2, 0) is 18.3 Å². The summed E-state index contributed by atoms with van der Waals surface area (Å²) in [7, 11) is 3.85. The molecule has 1 aromatic heterocycles. The van der Waals surface area contributed by atoms with Gasteiger partial charge in [0, 0.05) is 40.6 Å². The van der Waals surface area contributed by atoms with Gasteiger partial charge in [0.05, 0.1) is 12.2 Å². The van der Waals surface area contributed by atoms with Gasteiger partial charge in [0.15, 0.2) is 0 Å². The predicted molar refractivity (Wildman–Crippen MR) is 120 cm³/mol. The van der Waals surface area contributed by atoms with Crippen molar-refractivity contribution in [3.63, 3.8) is 0 Å². The van der Waals surface area contributed by atoms with Crippen LogP contribution in [0.2, 0.25) is 5.02 Å². The second kappa shape index (κ2) is 7.90. The van der Waals surface area contributed by atoms with Gasteiger partial charge in [-0.3, -0.25) is 0 Å². The molecule has 0 aliphatic heterocycles. The van der Waals surface area contributed by atoms with E-state index in [-0.39, 0.29) is 5.97 Å². The highest BCUT2D eigenvalue weighted by Gasteiger charge is 2.22. The van der Waals surface area contributed by atoms with E-state index in [4.69, 9.17) is 16.3 Å². The summed E-state index contributed by atoms with van der Waals surface area (Å²) in [4.78, 5) is 12.7. The molecule has 0 aliphatic rings. The lowest BCUT2D eigenvalue weighted by Gasteiger charge is -2.10. The Balaban J connectivity index is 1.97. The van der Waals surface area contributed by atoms with Crippen molar-refractivity contribution in [2.24, 2.45) is 7.05 Å². The van der Waals surface area contributed by atoms with E-state index in [0.717, 1.165) is 43.5 Å². The highest BCUT2D eigenvalue weighted by molar-refractivity contribution is 6.36. The van der Waals surface area contributed by atoms with Gasteiger partial charge >= 0.3 is 5.97 Å². The third-order valence-electron chi connectivity index (χ3n) is 5.31. The van der Waals surface area contributed by atoms with Gasteiger partial charge in [0.1, 0.15) is 0 Å². The predicted octanol–water partition coefficient (Wildman–Crippen LogP) is 5.55. The fourth-order valence-corrected chi connectivity index (χ4v) is 4.28. The summed E-state index contributed by atoms with van der Waals surface area (Å²) in [6, 6.07) is 18.3. The van der Waals surface area contributed by atoms with Crippen LogP contribution in [0.5, 0.6) is 0 Å². The molecule has 29 heavy (non-hydrogen) atoms. The van der Waals surface area contributed by atoms with Crippen molar-refractivity contribution in [1.82, 2.24) is 9.88 Å². The Bertz CT molecular complexity index is 1220. The first-order chi connectivity index (χ1) is 14.1. The molecule has 1 N–H and O–H groups in total. The summed E-state index contributed by atoms with van der Waals surface area (Å²) in [5.41, 5.74) is 4.65. The molecule has 1 heterocycles. The molecular weight excluding hydrogens is 384 g/mol. The van der Waals surface area contributed by atoms with Gasteiger partial charge in [-0.15, -0.1) is 0 Å². The zero-order valence-corrected chi connectivity index (χ0v) is 17.5. The fraction of sp³-hybridized carbons (Fsp3) is 0.208. The third kappa shape index (κ3) is 3.28. The molecule has 0 spiro atoms. The Kier molecular flexibility index (Phi) is 5.31. The molecule has 148 valence electrons. The first kappa shape index (κ1) is 19.5. The molecule has 0 fully saturated rings. The van der Waals surface area contributed by atoms with Crippen LogP contribution in [0.25, 0.3) is 32.8 Å². The summed E-state index contributed by atoms with van der Waals surface area (Å²) < 4.78 is 7.39. The Morgan fingerprint density at radius 2 is 1.90 bits per heavy atom. The van der Waals surface area contributed by atoms with E-state index >= 15 is 0 Å². The zero-order valence-electron chi connectivity index (χ0n) is 16.8. The number of carbonyl (C=O) groups excluding carboxylic acids is 1. The number of carbonyl (C=O) groups is 1. The first-order valence-electron chi connectivity index (χ1n) is 9.67. The Morgan fingerprint density at radius 3 is 2.62 bits per heavy atom. The largest absolute Gasteiger partial charge is 0.462 e. The van der Waals surface area contributed by atoms with Crippen LogP contribution in [0.15, 0.2) is 54.6 Å². The van der Waals surface area contributed by atoms with Gasteiger partial charge in [0.2, 0.25) is 0 Å². The smallest absolute Gasteiger partial charge is 0.340 e. The second-order valence-corrected chi connectivity index (χ2v) is 7.41. The van der Waals surface area contributed by atoms with Gasteiger partial charge in [0.25, 0.3) is 0 Å². The Hall–Kier alpha value is -2.82. The van der Waals surface area contributed by atoms with Crippen LogP contribution in [0.4, 0.5) is 0 Å². The average Bonchev–Trinajstić information content (AvgIpc) is 3.00. The maximum atomic E-state index is 12.7. The van der Waals surface area contributed by atoms with E-state index in [1.165, 1.54) is 0 Å². The number of aromatic nitrogens is 1. The number of halogens is 1. The summed E-state index contributed by atoms with van der Waals surface area (Å²) >= 11 is 6.53. The van der Waals surface area contributed by atoms with Crippen LogP contribution in [-0.4, -0.2) is 24.2 Å². The normalized spacial score (nSPS) is 11.3. The average molecular weight is 407 g/mol. The number of benzene rings is 3.